The van der Waals surface area contributed by atoms with Gasteiger partial charge in [0.05, 0.1) is 41.0 Å². The summed E-state index contributed by atoms with van der Waals surface area (Å²) in [5.41, 5.74) is 15.8. The van der Waals surface area contributed by atoms with Gasteiger partial charge in [0.25, 0.3) is 5.91 Å². The van der Waals surface area contributed by atoms with E-state index < -0.39 is 0 Å². The summed E-state index contributed by atoms with van der Waals surface area (Å²) in [6.45, 7) is 0.677. The lowest BCUT2D eigenvalue weighted by Gasteiger charge is -2.17. The Morgan fingerprint density at radius 2 is 2.21 bits per heavy atom. The zero-order valence-electron chi connectivity index (χ0n) is 18.5. The molecule has 0 aliphatic carbocycles. The predicted molar refractivity (Wildman–Crippen MR) is 132 cm³/mol. The van der Waals surface area contributed by atoms with Gasteiger partial charge in [-0.3, -0.25) is 9.78 Å². The van der Waals surface area contributed by atoms with E-state index >= 15 is 0 Å². The Labute approximate surface area is 201 Å². The number of nitrogens with one attached hydrogen (secondary N) is 3. The molecular weight excluding hydrogens is 456 g/mol. The van der Waals surface area contributed by atoms with E-state index in [1.165, 1.54) is 6.20 Å². The van der Waals surface area contributed by atoms with Crippen LogP contribution in [0, 0.1) is 0 Å². The minimum absolute atomic E-state index is 0.134. The summed E-state index contributed by atoms with van der Waals surface area (Å²) in [4.78, 5) is 20.4. The molecule has 1 aliphatic rings. The van der Waals surface area contributed by atoms with Crippen molar-refractivity contribution in [1.82, 2.24) is 15.3 Å². The molecule has 2 aromatic heterocycles. The number of aromatic nitrogens is 2. The van der Waals surface area contributed by atoms with Gasteiger partial charge in [-0.05, 0) is 36.6 Å². The fraction of sp³-hybridized carbons (Fsp3) is 0.167. The number of fused-ring (bicyclic) bond motifs is 1. The number of nitrogens with two attached hydrogens (primary N) is 2. The third-order valence-electron chi connectivity index (χ3n) is 5.27. The largest absolute Gasteiger partial charge is 0.493 e. The van der Waals surface area contributed by atoms with Crippen LogP contribution in [0.2, 0.25) is 5.02 Å². The van der Waals surface area contributed by atoms with Crippen LogP contribution in [0.4, 0.5) is 11.4 Å². The first-order valence-corrected chi connectivity index (χ1v) is 10.9. The maximum Gasteiger partial charge on any atom is 0.255 e. The smallest absolute Gasteiger partial charge is 0.255 e. The molecule has 4 rings (SSSR count). The van der Waals surface area contributed by atoms with Crippen molar-refractivity contribution in [1.29, 1.82) is 0 Å². The number of pyridine rings is 1. The number of anilines is 2. The van der Waals surface area contributed by atoms with E-state index in [0.29, 0.717) is 63.4 Å². The molecule has 0 saturated carbocycles. The number of carbonyl (C=O) groups is 1. The highest BCUT2D eigenvalue weighted by Gasteiger charge is 2.28. The molecule has 7 N–H and O–H groups in total. The third-order valence-corrected chi connectivity index (χ3v) is 5.56. The van der Waals surface area contributed by atoms with Crippen LogP contribution in [0.5, 0.6) is 11.5 Å². The van der Waals surface area contributed by atoms with Crippen molar-refractivity contribution in [3.8, 4) is 22.8 Å². The van der Waals surface area contributed by atoms with Crippen molar-refractivity contribution in [2.75, 3.05) is 25.6 Å². The first-order chi connectivity index (χ1) is 16.5. The summed E-state index contributed by atoms with van der Waals surface area (Å²) in [6.07, 6.45) is 8.59. The number of hydrogen-bond donors (Lipinski definition) is 5. The molecule has 0 radical (unpaired) electrons. The molecule has 34 heavy (non-hydrogen) atoms. The summed E-state index contributed by atoms with van der Waals surface area (Å²) in [7, 11) is 1.54. The Balaban J connectivity index is 1.80. The summed E-state index contributed by atoms with van der Waals surface area (Å²) in [6, 6.07) is 7.18. The lowest BCUT2D eigenvalue weighted by molar-refractivity contribution is 0.0947. The van der Waals surface area contributed by atoms with Gasteiger partial charge in [0.15, 0.2) is 5.75 Å². The second-order valence-corrected chi connectivity index (χ2v) is 7.87. The first kappa shape index (κ1) is 23.1. The van der Waals surface area contributed by atoms with Crippen molar-refractivity contribution < 1.29 is 14.3 Å². The highest BCUT2D eigenvalue weighted by atomic mass is 35.5. The Bertz CT molecular complexity index is 1270. The van der Waals surface area contributed by atoms with E-state index in [4.69, 9.17) is 32.5 Å². The van der Waals surface area contributed by atoms with E-state index in [9.17, 15) is 4.79 Å². The van der Waals surface area contributed by atoms with Crippen molar-refractivity contribution in [3.63, 3.8) is 0 Å². The number of rotatable bonds is 8. The molecule has 0 atom stereocenters. The number of halogens is 1. The molecule has 3 heterocycles. The zero-order chi connectivity index (χ0) is 24.1. The van der Waals surface area contributed by atoms with Gasteiger partial charge in [-0.2, -0.15) is 0 Å². The Morgan fingerprint density at radius 3 is 3.00 bits per heavy atom. The van der Waals surface area contributed by atoms with E-state index in [1.807, 2.05) is 12.1 Å². The minimum atomic E-state index is -0.176. The molecule has 1 aliphatic heterocycles. The normalized spacial score (nSPS) is 13.5. The number of allylic oxidation sites excluding steroid dienone is 2. The topological polar surface area (TPSA) is 140 Å². The number of ether oxygens (including phenoxy) is 2. The number of aromatic amines is 1. The number of hydrogen-bond acceptors (Lipinski definition) is 7. The van der Waals surface area contributed by atoms with Crippen LogP contribution in [0.1, 0.15) is 16.1 Å². The molecule has 1 aromatic carbocycles. The molecule has 0 saturated heterocycles. The number of methoxy groups -OCH3 is 1. The maximum atomic E-state index is 12.9. The van der Waals surface area contributed by atoms with Crippen LogP contribution in [-0.2, 0) is 6.42 Å². The van der Waals surface area contributed by atoms with Crippen molar-refractivity contribution >= 4 is 28.9 Å². The average Bonchev–Trinajstić information content (AvgIpc) is 3.21. The van der Waals surface area contributed by atoms with Gasteiger partial charge in [-0.15, -0.1) is 0 Å². The molecule has 1 amide bonds. The summed E-state index contributed by atoms with van der Waals surface area (Å²) in [5, 5.41) is 6.71. The monoisotopic (exact) mass is 480 g/mol. The quantitative estimate of drug-likeness (QED) is 0.311. The number of amides is 1. The summed E-state index contributed by atoms with van der Waals surface area (Å²) >= 11 is 6.32. The Kier molecular flexibility index (Phi) is 6.93. The van der Waals surface area contributed by atoms with Gasteiger partial charge in [0.2, 0.25) is 0 Å². The zero-order valence-corrected chi connectivity index (χ0v) is 19.3. The van der Waals surface area contributed by atoms with E-state index in [-0.39, 0.29) is 12.5 Å². The number of H-pyrrole nitrogens is 1. The SMILES string of the molecule is COc1c(Cl)cccc1Nc1c(-c2ccncc2OC/C(N)=C/C=C\N)[nH]c2c1C(=O)NCC2. The number of para-hydroxylation sites is 1. The Morgan fingerprint density at radius 1 is 1.35 bits per heavy atom. The Hall–Kier alpha value is -4.11. The van der Waals surface area contributed by atoms with Crippen LogP contribution in [-0.4, -0.2) is 36.1 Å². The van der Waals surface area contributed by atoms with Crippen molar-refractivity contribution in [2.24, 2.45) is 11.5 Å². The molecule has 176 valence electrons. The van der Waals surface area contributed by atoms with Gasteiger partial charge < -0.3 is 36.6 Å². The minimum Gasteiger partial charge on any atom is -0.493 e. The predicted octanol–water partition coefficient (Wildman–Crippen LogP) is 3.46. The van der Waals surface area contributed by atoms with E-state index in [2.05, 4.69) is 20.6 Å². The fourth-order valence-corrected chi connectivity index (χ4v) is 4.00. The lowest BCUT2D eigenvalue weighted by atomic mass is 10.0. The molecule has 0 bridgehead atoms. The summed E-state index contributed by atoms with van der Waals surface area (Å²) < 4.78 is 11.4. The highest BCUT2D eigenvalue weighted by molar-refractivity contribution is 6.32. The van der Waals surface area contributed by atoms with Gasteiger partial charge in [0, 0.05) is 36.1 Å². The number of carbonyl (C=O) groups excluding carboxylic acids is 1. The lowest BCUT2D eigenvalue weighted by Crippen LogP contribution is -2.31. The van der Waals surface area contributed by atoms with Crippen LogP contribution >= 0.6 is 11.6 Å². The molecule has 0 unspecified atom stereocenters. The van der Waals surface area contributed by atoms with Gasteiger partial charge >= 0.3 is 0 Å². The van der Waals surface area contributed by atoms with Crippen molar-refractivity contribution in [3.05, 3.63) is 77.0 Å². The highest BCUT2D eigenvalue weighted by Crippen LogP contribution is 2.42. The molecule has 9 nitrogen and oxygen atoms in total. The van der Waals surface area contributed by atoms with E-state index in [1.54, 1.807) is 43.8 Å². The number of nitrogens with zero attached hydrogens (tertiary/aromatic N) is 1. The standard InChI is InChI=1S/C24H25ClN6O3/c1-33-23-16(25)5-2-6-18(23)31-22-20-17(8-11-29-24(20)32)30-21(22)15-7-10-28-12-19(15)34-13-14(27)4-3-9-26/h2-7,9-10,12,30-31H,8,11,13,26-27H2,1H3,(H,29,32)/b9-3-,14-4-. The molecule has 10 heteroatoms. The molecule has 3 aromatic rings. The average molecular weight is 481 g/mol. The van der Waals surface area contributed by atoms with E-state index in [0.717, 1.165) is 5.69 Å². The second-order valence-electron chi connectivity index (χ2n) is 7.47. The van der Waals surface area contributed by atoms with Crippen LogP contribution in [0.15, 0.2) is 60.7 Å². The van der Waals surface area contributed by atoms with Crippen LogP contribution in [0.25, 0.3) is 11.3 Å². The molecule has 0 spiro atoms. The maximum absolute atomic E-state index is 12.9. The van der Waals surface area contributed by atoms with Crippen LogP contribution < -0.4 is 31.6 Å². The van der Waals surface area contributed by atoms with Gasteiger partial charge in [-0.25, -0.2) is 0 Å². The first-order valence-electron chi connectivity index (χ1n) is 10.6. The molecule has 0 fully saturated rings. The van der Waals surface area contributed by atoms with Crippen molar-refractivity contribution in [2.45, 2.75) is 6.42 Å². The number of benzene rings is 1. The molecular formula is C24H25ClN6O3. The van der Waals surface area contributed by atoms with Gasteiger partial charge in [-0.1, -0.05) is 17.7 Å². The third kappa shape index (κ3) is 4.65. The van der Waals surface area contributed by atoms with Gasteiger partial charge in [0.1, 0.15) is 12.4 Å². The fourth-order valence-electron chi connectivity index (χ4n) is 3.75. The summed E-state index contributed by atoms with van der Waals surface area (Å²) in [5.74, 6) is 0.790. The van der Waals surface area contributed by atoms with Crippen LogP contribution in [0.3, 0.4) is 0 Å². The second kappa shape index (κ2) is 10.2.